The molecule has 0 aliphatic carbocycles. The molecule has 4 aromatic carbocycles. The molecule has 1 aliphatic rings. The molecule has 4 aromatic rings. The highest BCUT2D eigenvalue weighted by atomic mass is 35.5. The Bertz CT molecular complexity index is 1460. The molecular weight excluding hydrogens is 526 g/mol. The van der Waals surface area contributed by atoms with Crippen LogP contribution in [0.25, 0.3) is 16.8 Å². The fourth-order valence-electron chi connectivity index (χ4n) is 5.80. The molecule has 1 unspecified atom stereocenters. The second kappa shape index (κ2) is 13.6. The Morgan fingerprint density at radius 1 is 0.927 bits per heavy atom. The largest absolute Gasteiger partial charge is 0.372 e. The summed E-state index contributed by atoms with van der Waals surface area (Å²) in [6.07, 6.45) is 2.91. The molecule has 4 nitrogen and oxygen atoms in total. The number of piperidine rings is 1. The Morgan fingerprint density at radius 2 is 1.63 bits per heavy atom. The standard InChI is InChI=1S/C36H38ClN3O/c1-3-22-38-36(41)35(27-10-5-4-6-11-27)28-20-23-40(24-21-28)32-18-16-31(17-19-32)39-26(2)33-14-7-8-15-34(33)29-12-9-13-30(37)25-29/h4-19,25,28,35,39H,2-3,20-24H2,1H3,(H,38,41). The molecule has 5 heteroatoms. The molecule has 210 valence electrons. The van der Waals surface area contributed by atoms with Crippen LogP contribution in [0.4, 0.5) is 11.4 Å². The van der Waals surface area contributed by atoms with Gasteiger partial charge in [-0.1, -0.05) is 91.8 Å². The van der Waals surface area contributed by atoms with Gasteiger partial charge in [-0.2, -0.15) is 0 Å². The summed E-state index contributed by atoms with van der Waals surface area (Å²) in [5, 5.41) is 7.35. The van der Waals surface area contributed by atoms with Crippen molar-refractivity contribution in [3.8, 4) is 11.1 Å². The number of halogens is 1. The smallest absolute Gasteiger partial charge is 0.227 e. The summed E-state index contributed by atoms with van der Waals surface area (Å²) in [4.78, 5) is 15.6. The van der Waals surface area contributed by atoms with E-state index in [1.54, 1.807) is 0 Å². The summed E-state index contributed by atoms with van der Waals surface area (Å²) in [5.74, 6) is 0.385. The van der Waals surface area contributed by atoms with Gasteiger partial charge in [0.05, 0.1) is 5.92 Å². The number of anilines is 2. The predicted molar refractivity (Wildman–Crippen MR) is 173 cm³/mol. The highest BCUT2D eigenvalue weighted by Crippen LogP contribution is 2.35. The van der Waals surface area contributed by atoms with Gasteiger partial charge in [0.1, 0.15) is 0 Å². The third-order valence-electron chi connectivity index (χ3n) is 7.92. The number of benzene rings is 4. The van der Waals surface area contributed by atoms with Gasteiger partial charge in [0, 0.05) is 47.3 Å². The minimum atomic E-state index is -0.0997. The highest BCUT2D eigenvalue weighted by molar-refractivity contribution is 6.30. The molecule has 5 rings (SSSR count). The van der Waals surface area contributed by atoms with Gasteiger partial charge < -0.3 is 15.5 Å². The van der Waals surface area contributed by atoms with Gasteiger partial charge in [-0.25, -0.2) is 0 Å². The number of hydrogen-bond acceptors (Lipinski definition) is 3. The van der Waals surface area contributed by atoms with E-state index in [4.69, 9.17) is 11.6 Å². The number of hydrogen-bond donors (Lipinski definition) is 2. The van der Waals surface area contributed by atoms with E-state index in [0.29, 0.717) is 10.9 Å². The lowest BCUT2D eigenvalue weighted by Gasteiger charge is -2.37. The maximum absolute atomic E-state index is 13.2. The highest BCUT2D eigenvalue weighted by Gasteiger charge is 2.32. The molecule has 1 atom stereocenters. The number of rotatable bonds is 10. The van der Waals surface area contributed by atoms with Crippen molar-refractivity contribution in [1.82, 2.24) is 5.32 Å². The zero-order valence-electron chi connectivity index (χ0n) is 23.7. The SMILES string of the molecule is C=C(Nc1ccc(N2CCC(C(C(=O)NCCC)c3ccccc3)CC2)cc1)c1ccccc1-c1cccc(Cl)c1. The van der Waals surface area contributed by atoms with Gasteiger partial charge in [-0.3, -0.25) is 4.79 Å². The van der Waals surface area contributed by atoms with Gasteiger partial charge in [0.25, 0.3) is 0 Å². The van der Waals surface area contributed by atoms with Crippen LogP contribution in [0.5, 0.6) is 0 Å². The minimum absolute atomic E-state index is 0.0997. The molecule has 1 fully saturated rings. The summed E-state index contributed by atoms with van der Waals surface area (Å²) < 4.78 is 0. The third-order valence-corrected chi connectivity index (χ3v) is 8.15. The van der Waals surface area contributed by atoms with Crippen LogP contribution in [-0.4, -0.2) is 25.5 Å². The Morgan fingerprint density at radius 3 is 2.34 bits per heavy atom. The Kier molecular flexibility index (Phi) is 9.43. The maximum Gasteiger partial charge on any atom is 0.227 e. The van der Waals surface area contributed by atoms with Crippen LogP contribution in [-0.2, 0) is 4.79 Å². The van der Waals surface area contributed by atoms with Crippen LogP contribution < -0.4 is 15.5 Å². The summed E-state index contributed by atoms with van der Waals surface area (Å²) in [6.45, 7) is 9.01. The van der Waals surface area contributed by atoms with Crippen molar-refractivity contribution in [2.45, 2.75) is 32.1 Å². The van der Waals surface area contributed by atoms with Crippen LogP contribution in [0.15, 0.2) is 110 Å². The lowest BCUT2D eigenvalue weighted by atomic mass is 9.79. The number of nitrogens with one attached hydrogen (secondary N) is 2. The molecular formula is C36H38ClN3O. The number of nitrogens with zero attached hydrogens (tertiary/aromatic N) is 1. The molecule has 0 aromatic heterocycles. The minimum Gasteiger partial charge on any atom is -0.372 e. The van der Waals surface area contributed by atoms with Crippen molar-refractivity contribution in [3.63, 3.8) is 0 Å². The number of carbonyl (C=O) groups excluding carboxylic acids is 1. The number of amides is 1. The quantitative estimate of drug-likeness (QED) is 0.203. The van der Waals surface area contributed by atoms with Crippen molar-refractivity contribution < 1.29 is 4.79 Å². The van der Waals surface area contributed by atoms with Crippen molar-refractivity contribution in [2.24, 2.45) is 5.92 Å². The molecule has 1 heterocycles. The topological polar surface area (TPSA) is 44.4 Å². The first kappa shape index (κ1) is 28.5. The molecule has 1 amide bonds. The first-order valence-corrected chi connectivity index (χ1v) is 14.9. The fraction of sp³-hybridized carbons (Fsp3) is 0.250. The maximum atomic E-state index is 13.2. The molecule has 0 spiro atoms. The Labute approximate surface area is 249 Å². The van der Waals surface area contributed by atoms with Crippen molar-refractivity contribution in [1.29, 1.82) is 0 Å². The van der Waals surface area contributed by atoms with E-state index < -0.39 is 0 Å². The summed E-state index contributed by atoms with van der Waals surface area (Å²) in [6, 6.07) is 34.9. The molecule has 0 radical (unpaired) electrons. The van der Waals surface area contributed by atoms with Crippen molar-refractivity contribution in [2.75, 3.05) is 29.9 Å². The summed E-state index contributed by atoms with van der Waals surface area (Å²) in [5.41, 5.74) is 7.33. The normalized spacial score (nSPS) is 14.3. The molecule has 0 bridgehead atoms. The van der Waals surface area contributed by atoms with Gasteiger partial charge in [-0.05, 0) is 78.3 Å². The van der Waals surface area contributed by atoms with E-state index in [1.165, 1.54) is 5.69 Å². The average Bonchev–Trinajstić information content (AvgIpc) is 3.01. The first-order chi connectivity index (χ1) is 20.0. The summed E-state index contributed by atoms with van der Waals surface area (Å²) >= 11 is 6.26. The molecule has 2 N–H and O–H groups in total. The first-order valence-electron chi connectivity index (χ1n) is 14.5. The Balaban J connectivity index is 1.23. The van der Waals surface area contributed by atoms with Crippen LogP contribution in [0, 0.1) is 5.92 Å². The van der Waals surface area contributed by atoms with Crippen LogP contribution in [0.1, 0.15) is 43.2 Å². The summed E-state index contributed by atoms with van der Waals surface area (Å²) in [7, 11) is 0. The van der Waals surface area contributed by atoms with Crippen molar-refractivity contribution in [3.05, 3.63) is 126 Å². The molecule has 1 saturated heterocycles. The van der Waals surface area contributed by atoms with Crippen LogP contribution >= 0.6 is 11.6 Å². The zero-order valence-corrected chi connectivity index (χ0v) is 24.4. The monoisotopic (exact) mass is 563 g/mol. The molecule has 1 aliphatic heterocycles. The van der Waals surface area contributed by atoms with E-state index >= 15 is 0 Å². The molecule has 0 saturated carbocycles. The van der Waals surface area contributed by atoms with Crippen LogP contribution in [0.3, 0.4) is 0 Å². The average molecular weight is 564 g/mol. The van der Waals surface area contributed by atoms with E-state index in [-0.39, 0.29) is 11.8 Å². The second-order valence-electron chi connectivity index (χ2n) is 10.7. The van der Waals surface area contributed by atoms with Gasteiger partial charge >= 0.3 is 0 Å². The van der Waals surface area contributed by atoms with E-state index in [1.807, 2.05) is 48.5 Å². The third kappa shape index (κ3) is 7.01. The van der Waals surface area contributed by atoms with E-state index in [9.17, 15) is 4.79 Å². The zero-order chi connectivity index (χ0) is 28.6. The lowest BCUT2D eigenvalue weighted by Crippen LogP contribution is -2.40. The Hall–Kier alpha value is -4.02. The van der Waals surface area contributed by atoms with Crippen molar-refractivity contribution >= 4 is 34.6 Å². The van der Waals surface area contributed by atoms with Crippen LogP contribution in [0.2, 0.25) is 5.02 Å². The second-order valence-corrected chi connectivity index (χ2v) is 11.1. The number of carbonyl (C=O) groups is 1. The molecule has 41 heavy (non-hydrogen) atoms. The van der Waals surface area contributed by atoms with E-state index in [2.05, 4.69) is 83.6 Å². The van der Waals surface area contributed by atoms with Gasteiger partial charge in [-0.15, -0.1) is 0 Å². The van der Waals surface area contributed by atoms with E-state index in [0.717, 1.165) is 72.5 Å². The van der Waals surface area contributed by atoms with Gasteiger partial charge in [0.2, 0.25) is 5.91 Å². The fourth-order valence-corrected chi connectivity index (χ4v) is 5.99. The van der Waals surface area contributed by atoms with Gasteiger partial charge in [0.15, 0.2) is 0 Å². The lowest BCUT2D eigenvalue weighted by molar-refractivity contribution is -0.124. The predicted octanol–water partition coefficient (Wildman–Crippen LogP) is 8.62.